The molecule has 31 heavy (non-hydrogen) atoms. The number of sulfone groups is 1. The Bertz CT molecular complexity index is 1400. The number of nitrogens with zero attached hydrogens (tertiary/aromatic N) is 4. The predicted octanol–water partition coefficient (Wildman–Crippen LogP) is 3.85. The first-order valence-electron chi connectivity index (χ1n) is 9.11. The van der Waals surface area contributed by atoms with Crippen molar-refractivity contribution in [2.75, 3.05) is 23.5 Å². The van der Waals surface area contributed by atoms with Gasteiger partial charge in [-0.15, -0.1) is 0 Å². The Labute approximate surface area is 176 Å². The van der Waals surface area contributed by atoms with Crippen LogP contribution in [0.5, 0.6) is 0 Å². The molecule has 11 heteroatoms. The lowest BCUT2D eigenvalue weighted by molar-refractivity contribution is 0.515. The molecule has 0 atom stereocenters. The quantitative estimate of drug-likeness (QED) is 0.482. The van der Waals surface area contributed by atoms with Crippen LogP contribution in [0.1, 0.15) is 5.56 Å². The average molecular weight is 444 g/mol. The zero-order valence-corrected chi connectivity index (χ0v) is 17.6. The minimum absolute atomic E-state index is 0.0395. The summed E-state index contributed by atoms with van der Waals surface area (Å²) < 4.78 is 51.2. The molecule has 0 aliphatic carbocycles. The third kappa shape index (κ3) is 4.04. The molecule has 2 aromatic carbocycles. The van der Waals surface area contributed by atoms with Crippen molar-refractivity contribution in [3.05, 3.63) is 59.8 Å². The van der Waals surface area contributed by atoms with Gasteiger partial charge in [-0.3, -0.25) is 5.10 Å². The smallest absolute Gasteiger partial charge is 0.229 e. The number of hydrogen-bond donors (Lipinski definition) is 2. The van der Waals surface area contributed by atoms with Gasteiger partial charge in [0.15, 0.2) is 27.3 Å². The third-order valence-corrected chi connectivity index (χ3v) is 5.74. The van der Waals surface area contributed by atoms with Crippen LogP contribution in [0.25, 0.3) is 10.9 Å². The number of rotatable bonds is 5. The number of anilines is 4. The van der Waals surface area contributed by atoms with Crippen molar-refractivity contribution in [3.8, 4) is 0 Å². The van der Waals surface area contributed by atoms with E-state index in [1.165, 1.54) is 18.3 Å². The summed E-state index contributed by atoms with van der Waals surface area (Å²) in [6, 6.07) is 8.95. The van der Waals surface area contributed by atoms with Crippen molar-refractivity contribution >= 4 is 44.0 Å². The van der Waals surface area contributed by atoms with E-state index in [-0.39, 0.29) is 16.4 Å². The number of halogens is 2. The molecule has 0 radical (unpaired) electrons. The summed E-state index contributed by atoms with van der Waals surface area (Å²) >= 11 is 0. The molecular weight excluding hydrogens is 426 g/mol. The van der Waals surface area contributed by atoms with E-state index >= 15 is 0 Å². The standard InChI is InChI=1S/C20H18F2N6O2S/c1-11-8-12(10-13(9-11)31(3,29)30)24-20-23-7-6-16(25-20)28(2)19-14-4-5-15(21)17(22)18(14)26-27-19/h4-10H,1-3H3,(H,26,27)(H,23,24,25). The van der Waals surface area contributed by atoms with Crippen molar-refractivity contribution in [1.29, 1.82) is 0 Å². The average Bonchev–Trinajstić information content (AvgIpc) is 3.14. The fourth-order valence-electron chi connectivity index (χ4n) is 3.14. The van der Waals surface area contributed by atoms with Crippen LogP contribution in [-0.2, 0) is 9.84 Å². The van der Waals surface area contributed by atoms with Crippen LogP contribution in [0.15, 0.2) is 47.5 Å². The highest BCUT2D eigenvalue weighted by Gasteiger charge is 2.18. The number of hydrogen-bond acceptors (Lipinski definition) is 7. The summed E-state index contributed by atoms with van der Waals surface area (Å²) in [6.07, 6.45) is 2.66. The first-order valence-corrected chi connectivity index (χ1v) is 11.0. The Morgan fingerprint density at radius 1 is 1.13 bits per heavy atom. The van der Waals surface area contributed by atoms with Gasteiger partial charge in [0.05, 0.1) is 4.90 Å². The second-order valence-corrected chi connectivity index (χ2v) is 9.08. The number of H-pyrrole nitrogens is 1. The SMILES string of the molecule is Cc1cc(Nc2nccc(N(C)c3n[nH]c4c(F)c(F)ccc34)n2)cc(S(C)(=O)=O)c1. The highest BCUT2D eigenvalue weighted by atomic mass is 32.2. The second kappa shape index (κ2) is 7.58. The fraction of sp³-hybridized carbons (Fsp3) is 0.150. The molecule has 0 amide bonds. The molecule has 0 aliphatic rings. The Balaban J connectivity index is 1.67. The minimum Gasteiger partial charge on any atom is -0.324 e. The van der Waals surface area contributed by atoms with Gasteiger partial charge in [-0.25, -0.2) is 22.2 Å². The predicted molar refractivity (Wildman–Crippen MR) is 114 cm³/mol. The van der Waals surface area contributed by atoms with Gasteiger partial charge in [-0.2, -0.15) is 10.1 Å². The molecule has 4 rings (SSSR count). The van der Waals surface area contributed by atoms with E-state index in [1.807, 2.05) is 0 Å². The first-order chi connectivity index (χ1) is 14.6. The number of nitrogens with one attached hydrogen (secondary N) is 2. The zero-order valence-electron chi connectivity index (χ0n) is 16.8. The van der Waals surface area contributed by atoms with Gasteiger partial charge in [0.1, 0.15) is 11.3 Å². The topological polar surface area (TPSA) is 104 Å². The monoisotopic (exact) mass is 444 g/mol. The van der Waals surface area contributed by atoms with Gasteiger partial charge in [0.2, 0.25) is 5.95 Å². The van der Waals surface area contributed by atoms with Gasteiger partial charge >= 0.3 is 0 Å². The summed E-state index contributed by atoms with van der Waals surface area (Å²) in [5, 5.41) is 9.99. The third-order valence-electron chi connectivity index (χ3n) is 4.65. The molecule has 8 nitrogen and oxygen atoms in total. The Morgan fingerprint density at radius 3 is 2.65 bits per heavy atom. The van der Waals surface area contributed by atoms with Crippen LogP contribution < -0.4 is 10.2 Å². The van der Waals surface area contributed by atoms with Gasteiger partial charge in [-0.05, 0) is 48.9 Å². The number of aromatic amines is 1. The maximum absolute atomic E-state index is 14.0. The van der Waals surface area contributed by atoms with Crippen LogP contribution in [0.4, 0.5) is 32.1 Å². The molecule has 0 spiro atoms. The summed E-state index contributed by atoms with van der Waals surface area (Å²) in [7, 11) is -1.70. The van der Waals surface area contributed by atoms with Crippen LogP contribution in [0, 0.1) is 18.6 Å². The summed E-state index contributed by atoms with van der Waals surface area (Å²) in [5.74, 6) is -0.951. The lowest BCUT2D eigenvalue weighted by atomic mass is 10.2. The van der Waals surface area contributed by atoms with Gasteiger partial charge in [-0.1, -0.05) is 0 Å². The van der Waals surface area contributed by atoms with Crippen LogP contribution in [0.3, 0.4) is 0 Å². The van der Waals surface area contributed by atoms with E-state index < -0.39 is 21.5 Å². The Hall–Kier alpha value is -3.60. The van der Waals surface area contributed by atoms with Crippen molar-refractivity contribution in [2.24, 2.45) is 0 Å². The maximum atomic E-state index is 14.0. The van der Waals surface area contributed by atoms with Crippen molar-refractivity contribution in [1.82, 2.24) is 20.2 Å². The number of benzene rings is 2. The maximum Gasteiger partial charge on any atom is 0.229 e. The Kier molecular flexibility index (Phi) is 5.05. The number of aromatic nitrogens is 4. The highest BCUT2D eigenvalue weighted by Crippen LogP contribution is 2.30. The van der Waals surface area contributed by atoms with Crippen molar-refractivity contribution < 1.29 is 17.2 Å². The summed E-state index contributed by atoms with van der Waals surface area (Å²) in [6.45, 7) is 1.79. The molecule has 0 saturated carbocycles. The molecule has 2 aromatic heterocycles. The van der Waals surface area contributed by atoms with E-state index in [0.717, 1.165) is 17.9 Å². The zero-order chi connectivity index (χ0) is 22.3. The van der Waals surface area contributed by atoms with E-state index in [9.17, 15) is 17.2 Å². The summed E-state index contributed by atoms with van der Waals surface area (Å²) in [4.78, 5) is 10.4. The fourth-order valence-corrected chi connectivity index (χ4v) is 3.88. The van der Waals surface area contributed by atoms with E-state index in [4.69, 9.17) is 0 Å². The minimum atomic E-state index is -3.38. The molecule has 0 aliphatic heterocycles. The van der Waals surface area contributed by atoms with Crippen LogP contribution in [0.2, 0.25) is 0 Å². The van der Waals surface area contributed by atoms with Crippen molar-refractivity contribution in [2.45, 2.75) is 11.8 Å². The molecule has 160 valence electrons. The first kappa shape index (κ1) is 20.7. The molecule has 0 fully saturated rings. The Morgan fingerprint density at radius 2 is 1.90 bits per heavy atom. The van der Waals surface area contributed by atoms with Gasteiger partial charge in [0.25, 0.3) is 0 Å². The molecule has 0 unspecified atom stereocenters. The molecule has 2 heterocycles. The van der Waals surface area contributed by atoms with Crippen molar-refractivity contribution in [3.63, 3.8) is 0 Å². The molecule has 4 aromatic rings. The molecule has 0 saturated heterocycles. The molecule has 2 N–H and O–H groups in total. The number of fused-ring (bicyclic) bond motifs is 1. The molecular formula is C20H18F2N6O2S. The summed E-state index contributed by atoms with van der Waals surface area (Å²) in [5.41, 5.74) is 1.24. The largest absolute Gasteiger partial charge is 0.324 e. The lowest BCUT2D eigenvalue weighted by Gasteiger charge is -2.16. The normalized spacial score (nSPS) is 11.6. The van der Waals surface area contributed by atoms with Gasteiger partial charge < -0.3 is 10.2 Å². The van der Waals surface area contributed by atoms with E-state index in [2.05, 4.69) is 25.5 Å². The number of aryl methyl sites for hydroxylation is 1. The van der Waals surface area contributed by atoms with E-state index in [0.29, 0.717) is 22.7 Å². The van der Waals surface area contributed by atoms with E-state index in [1.54, 1.807) is 37.1 Å². The molecule has 0 bridgehead atoms. The van der Waals surface area contributed by atoms with Gasteiger partial charge in [0, 0.05) is 30.6 Å². The highest BCUT2D eigenvalue weighted by molar-refractivity contribution is 7.90. The second-order valence-electron chi connectivity index (χ2n) is 7.06. The lowest BCUT2D eigenvalue weighted by Crippen LogP contribution is -2.13. The van der Waals surface area contributed by atoms with Crippen LogP contribution in [-0.4, -0.2) is 41.9 Å². The van der Waals surface area contributed by atoms with Crippen LogP contribution >= 0.6 is 0 Å².